The molecule has 0 bridgehead atoms. The largest absolute Gasteiger partial charge is 0.486 e. The first-order chi connectivity index (χ1) is 10.1. The predicted molar refractivity (Wildman–Crippen MR) is 82.1 cm³/mol. The van der Waals surface area contributed by atoms with Crippen molar-refractivity contribution in [3.63, 3.8) is 0 Å². The summed E-state index contributed by atoms with van der Waals surface area (Å²) in [5.41, 5.74) is 2.08. The van der Waals surface area contributed by atoms with Crippen molar-refractivity contribution in [2.24, 2.45) is 0 Å². The number of nitrogens with zero attached hydrogens (tertiary/aromatic N) is 1. The molecule has 1 heterocycles. The third-order valence-electron chi connectivity index (χ3n) is 3.12. The number of aromatic carboxylic acids is 1. The highest BCUT2D eigenvalue weighted by Gasteiger charge is 2.09. The number of fused-ring (bicyclic) bond motifs is 1. The van der Waals surface area contributed by atoms with Crippen molar-refractivity contribution in [3.8, 4) is 5.75 Å². The Morgan fingerprint density at radius 1 is 1.29 bits per heavy atom. The van der Waals surface area contributed by atoms with Crippen LogP contribution in [0.3, 0.4) is 0 Å². The summed E-state index contributed by atoms with van der Waals surface area (Å²) in [5, 5.41) is 9.89. The van der Waals surface area contributed by atoms with Gasteiger partial charge in [-0.25, -0.2) is 9.78 Å². The van der Waals surface area contributed by atoms with Crippen LogP contribution in [0.4, 0.5) is 0 Å². The highest BCUT2D eigenvalue weighted by Crippen LogP contribution is 2.25. The number of hydrogen-bond donors (Lipinski definition) is 1. The molecule has 2 aromatic carbocycles. The molecule has 3 aromatic rings. The van der Waals surface area contributed by atoms with Crippen LogP contribution in [-0.4, -0.2) is 16.1 Å². The number of aromatic nitrogens is 1. The number of hydrogen-bond acceptors (Lipinski definition) is 4. The second-order valence-corrected chi connectivity index (χ2v) is 5.76. The molecule has 21 heavy (non-hydrogen) atoms. The number of thiazole rings is 1. The van der Waals surface area contributed by atoms with Crippen molar-refractivity contribution in [2.45, 2.75) is 13.5 Å². The van der Waals surface area contributed by atoms with Gasteiger partial charge in [-0.1, -0.05) is 18.2 Å². The molecule has 0 aliphatic carbocycles. The Morgan fingerprint density at radius 2 is 2.10 bits per heavy atom. The molecule has 4 nitrogen and oxygen atoms in total. The number of rotatable bonds is 4. The number of carboxylic acids is 1. The van der Waals surface area contributed by atoms with E-state index in [1.807, 2.05) is 31.2 Å². The van der Waals surface area contributed by atoms with Crippen LogP contribution < -0.4 is 4.74 Å². The zero-order chi connectivity index (χ0) is 14.8. The first kappa shape index (κ1) is 13.6. The van der Waals surface area contributed by atoms with Crippen molar-refractivity contribution in [1.29, 1.82) is 0 Å². The first-order valence-electron chi connectivity index (χ1n) is 6.44. The van der Waals surface area contributed by atoms with Gasteiger partial charge in [0.1, 0.15) is 17.4 Å². The summed E-state index contributed by atoms with van der Waals surface area (Å²) in [6.07, 6.45) is 0. The lowest BCUT2D eigenvalue weighted by molar-refractivity contribution is 0.0696. The summed E-state index contributed by atoms with van der Waals surface area (Å²) in [6, 6.07) is 12.8. The second-order valence-electron chi connectivity index (χ2n) is 4.65. The van der Waals surface area contributed by atoms with E-state index >= 15 is 0 Å². The zero-order valence-electron chi connectivity index (χ0n) is 11.4. The van der Waals surface area contributed by atoms with Gasteiger partial charge in [-0.3, -0.25) is 0 Å². The average Bonchev–Trinajstić information content (AvgIpc) is 2.89. The van der Waals surface area contributed by atoms with E-state index in [4.69, 9.17) is 9.84 Å². The molecule has 0 aliphatic heterocycles. The number of aryl methyl sites for hydroxylation is 1. The van der Waals surface area contributed by atoms with Gasteiger partial charge < -0.3 is 9.84 Å². The monoisotopic (exact) mass is 299 g/mol. The van der Waals surface area contributed by atoms with Crippen molar-refractivity contribution in [2.75, 3.05) is 0 Å². The molecule has 0 unspecified atom stereocenters. The SMILES string of the molecule is Cc1ccc(C(=O)O)cc1OCc1nc2ccccc2s1. The molecular weight excluding hydrogens is 286 g/mol. The van der Waals surface area contributed by atoms with E-state index in [9.17, 15) is 4.79 Å². The van der Waals surface area contributed by atoms with Gasteiger partial charge in [0, 0.05) is 0 Å². The summed E-state index contributed by atoms with van der Waals surface area (Å²) >= 11 is 1.58. The number of benzene rings is 2. The third kappa shape index (κ3) is 2.87. The van der Waals surface area contributed by atoms with E-state index in [0.29, 0.717) is 12.4 Å². The average molecular weight is 299 g/mol. The summed E-state index contributed by atoms with van der Waals surface area (Å²) in [7, 11) is 0. The zero-order valence-corrected chi connectivity index (χ0v) is 12.2. The first-order valence-corrected chi connectivity index (χ1v) is 7.26. The predicted octanol–water partition coefficient (Wildman–Crippen LogP) is 3.88. The van der Waals surface area contributed by atoms with Gasteiger partial charge >= 0.3 is 5.97 Å². The summed E-state index contributed by atoms with van der Waals surface area (Å²) in [5.74, 6) is -0.381. The molecule has 0 fully saturated rings. The minimum absolute atomic E-state index is 0.222. The van der Waals surface area contributed by atoms with Gasteiger partial charge in [0.2, 0.25) is 0 Å². The van der Waals surface area contributed by atoms with Crippen LogP contribution >= 0.6 is 11.3 Å². The lowest BCUT2D eigenvalue weighted by Crippen LogP contribution is -2.00. The topological polar surface area (TPSA) is 59.4 Å². The van der Waals surface area contributed by atoms with Crippen LogP contribution in [0, 0.1) is 6.92 Å². The molecule has 0 spiro atoms. The molecule has 1 aromatic heterocycles. The van der Waals surface area contributed by atoms with Crippen LogP contribution in [0.25, 0.3) is 10.2 Å². The van der Waals surface area contributed by atoms with E-state index in [0.717, 1.165) is 20.8 Å². The van der Waals surface area contributed by atoms with Crippen molar-refractivity contribution in [3.05, 3.63) is 58.6 Å². The number of para-hydroxylation sites is 1. The van der Waals surface area contributed by atoms with Crippen LogP contribution in [0.5, 0.6) is 5.75 Å². The number of carbonyl (C=O) groups is 1. The maximum atomic E-state index is 11.0. The van der Waals surface area contributed by atoms with Crippen LogP contribution in [0.15, 0.2) is 42.5 Å². The molecule has 1 N–H and O–H groups in total. The van der Waals surface area contributed by atoms with E-state index in [-0.39, 0.29) is 5.56 Å². The Hall–Kier alpha value is -2.40. The molecule has 0 saturated carbocycles. The molecule has 106 valence electrons. The number of ether oxygens (including phenoxy) is 1. The summed E-state index contributed by atoms with van der Waals surface area (Å²) in [4.78, 5) is 15.5. The van der Waals surface area contributed by atoms with Gasteiger partial charge in [-0.05, 0) is 36.8 Å². The molecule has 0 aliphatic rings. The van der Waals surface area contributed by atoms with Gasteiger partial charge in [0.05, 0.1) is 15.8 Å². The van der Waals surface area contributed by atoms with Crippen LogP contribution in [0.2, 0.25) is 0 Å². The Morgan fingerprint density at radius 3 is 2.86 bits per heavy atom. The standard InChI is InChI=1S/C16H13NO3S/c1-10-6-7-11(16(18)19)8-13(10)20-9-15-17-12-4-2-3-5-14(12)21-15/h2-8H,9H2,1H3,(H,18,19). The fourth-order valence-corrected chi connectivity index (χ4v) is 2.89. The maximum absolute atomic E-state index is 11.0. The molecule has 0 saturated heterocycles. The molecule has 5 heteroatoms. The maximum Gasteiger partial charge on any atom is 0.335 e. The molecule has 0 atom stereocenters. The van der Waals surface area contributed by atoms with Gasteiger partial charge in [-0.15, -0.1) is 11.3 Å². The Kier molecular flexibility index (Phi) is 3.58. The Labute approximate surface area is 125 Å². The van der Waals surface area contributed by atoms with Crippen molar-refractivity contribution in [1.82, 2.24) is 4.98 Å². The highest BCUT2D eigenvalue weighted by atomic mass is 32.1. The minimum Gasteiger partial charge on any atom is -0.486 e. The molecule has 0 amide bonds. The van der Waals surface area contributed by atoms with Crippen LogP contribution in [0.1, 0.15) is 20.9 Å². The molecular formula is C16H13NO3S. The van der Waals surface area contributed by atoms with Crippen LogP contribution in [-0.2, 0) is 6.61 Å². The highest BCUT2D eigenvalue weighted by molar-refractivity contribution is 7.18. The normalized spacial score (nSPS) is 10.7. The lowest BCUT2D eigenvalue weighted by Gasteiger charge is -2.08. The smallest absolute Gasteiger partial charge is 0.335 e. The fourth-order valence-electron chi connectivity index (χ4n) is 2.01. The van der Waals surface area contributed by atoms with E-state index in [1.165, 1.54) is 0 Å². The number of carboxylic acid groups (broad SMARTS) is 1. The third-order valence-corrected chi connectivity index (χ3v) is 4.13. The van der Waals surface area contributed by atoms with E-state index < -0.39 is 5.97 Å². The summed E-state index contributed by atoms with van der Waals surface area (Å²) in [6.45, 7) is 2.22. The summed E-state index contributed by atoms with van der Waals surface area (Å²) < 4.78 is 6.85. The Balaban J connectivity index is 1.80. The quantitative estimate of drug-likeness (QED) is 0.794. The Bertz CT molecular complexity index is 777. The molecule has 3 rings (SSSR count). The van der Waals surface area contributed by atoms with Crippen molar-refractivity contribution >= 4 is 27.5 Å². The molecule has 0 radical (unpaired) electrons. The van der Waals surface area contributed by atoms with Gasteiger partial charge in [-0.2, -0.15) is 0 Å². The second kappa shape index (κ2) is 5.54. The van der Waals surface area contributed by atoms with Gasteiger partial charge in [0.15, 0.2) is 0 Å². The fraction of sp³-hybridized carbons (Fsp3) is 0.125. The lowest BCUT2D eigenvalue weighted by atomic mass is 10.1. The van der Waals surface area contributed by atoms with E-state index in [2.05, 4.69) is 4.98 Å². The van der Waals surface area contributed by atoms with E-state index in [1.54, 1.807) is 29.5 Å². The van der Waals surface area contributed by atoms with Crippen molar-refractivity contribution < 1.29 is 14.6 Å². The minimum atomic E-state index is -0.958. The van der Waals surface area contributed by atoms with Gasteiger partial charge in [0.25, 0.3) is 0 Å².